The number of rotatable bonds is 3. The van der Waals surface area contributed by atoms with Crippen LogP contribution in [0.4, 0.5) is 0 Å². The average Bonchev–Trinajstić information content (AvgIpc) is 2.76. The van der Waals surface area contributed by atoms with Crippen LogP contribution in [0.25, 0.3) is 0 Å². The minimum Gasteiger partial charge on any atom is -0.388 e. The molecule has 0 atom stereocenters. The quantitative estimate of drug-likeness (QED) is 0.862. The molecular formula is C14H24N4OS2. The molecule has 1 N–H and O–H groups in total. The third kappa shape index (κ3) is 3.21. The summed E-state index contributed by atoms with van der Waals surface area (Å²) in [6, 6.07) is 0. The Kier molecular flexibility index (Phi) is 4.73. The fourth-order valence-electron chi connectivity index (χ4n) is 3.49. The molecule has 21 heavy (non-hydrogen) atoms. The highest BCUT2D eigenvalue weighted by molar-refractivity contribution is 8.00. The Labute approximate surface area is 135 Å². The third-order valence-electron chi connectivity index (χ3n) is 4.70. The van der Waals surface area contributed by atoms with Crippen molar-refractivity contribution in [3.05, 3.63) is 10.6 Å². The first-order valence-corrected chi connectivity index (χ1v) is 9.13. The van der Waals surface area contributed by atoms with Gasteiger partial charge >= 0.3 is 0 Å². The van der Waals surface area contributed by atoms with Crippen molar-refractivity contribution in [1.82, 2.24) is 19.2 Å². The molecule has 2 heterocycles. The Morgan fingerprint density at radius 3 is 2.76 bits per heavy atom. The van der Waals surface area contributed by atoms with Gasteiger partial charge in [-0.2, -0.15) is 16.9 Å². The summed E-state index contributed by atoms with van der Waals surface area (Å²) >= 11 is 7.59. The van der Waals surface area contributed by atoms with Crippen LogP contribution < -0.4 is 0 Å². The maximum absolute atomic E-state index is 9.30. The van der Waals surface area contributed by atoms with E-state index in [-0.39, 0.29) is 6.61 Å². The molecule has 118 valence electrons. The van der Waals surface area contributed by atoms with Crippen molar-refractivity contribution < 1.29 is 5.11 Å². The zero-order valence-electron chi connectivity index (χ0n) is 12.6. The van der Waals surface area contributed by atoms with E-state index in [1.165, 1.54) is 37.9 Å². The van der Waals surface area contributed by atoms with Gasteiger partial charge in [-0.15, -0.1) is 0 Å². The van der Waals surface area contributed by atoms with Crippen LogP contribution in [0.5, 0.6) is 0 Å². The van der Waals surface area contributed by atoms with Gasteiger partial charge in [0.25, 0.3) is 0 Å². The molecule has 1 aromatic rings. The number of hydrogen-bond acceptors (Lipinski definition) is 5. The van der Waals surface area contributed by atoms with Gasteiger partial charge in [0.2, 0.25) is 0 Å². The summed E-state index contributed by atoms with van der Waals surface area (Å²) in [4.78, 5) is 2.48. The second kappa shape index (κ2) is 6.40. The Morgan fingerprint density at radius 2 is 2.10 bits per heavy atom. The minimum absolute atomic E-state index is 0.0626. The molecule has 7 heteroatoms. The highest BCUT2D eigenvalue weighted by Crippen LogP contribution is 2.42. The Bertz CT molecular complexity index is 542. The van der Waals surface area contributed by atoms with E-state index >= 15 is 0 Å². The van der Waals surface area contributed by atoms with Crippen LogP contribution in [0.2, 0.25) is 0 Å². The van der Waals surface area contributed by atoms with E-state index in [0.717, 1.165) is 19.8 Å². The SMILES string of the molecule is Cn1c(CO)nn(CN2CCSC3(CCCCC3)C2)c1=S. The van der Waals surface area contributed by atoms with Gasteiger partial charge in [0.1, 0.15) is 6.61 Å². The lowest BCUT2D eigenvalue weighted by Crippen LogP contribution is -2.48. The van der Waals surface area contributed by atoms with Gasteiger partial charge < -0.3 is 9.67 Å². The van der Waals surface area contributed by atoms with Crippen LogP contribution in [0.15, 0.2) is 0 Å². The van der Waals surface area contributed by atoms with E-state index in [1.54, 1.807) is 4.57 Å². The molecule has 1 aromatic heterocycles. The van der Waals surface area contributed by atoms with Gasteiger partial charge in [0.05, 0.1) is 6.67 Å². The molecule has 1 saturated carbocycles. The highest BCUT2D eigenvalue weighted by Gasteiger charge is 2.37. The van der Waals surface area contributed by atoms with Crippen LogP contribution in [0.1, 0.15) is 37.9 Å². The molecule has 0 unspecified atom stereocenters. The van der Waals surface area contributed by atoms with Gasteiger partial charge in [-0.05, 0) is 25.1 Å². The molecule has 1 aliphatic carbocycles. The van der Waals surface area contributed by atoms with E-state index in [2.05, 4.69) is 21.8 Å². The predicted molar refractivity (Wildman–Crippen MR) is 87.8 cm³/mol. The third-order valence-corrected chi connectivity index (χ3v) is 6.72. The maximum Gasteiger partial charge on any atom is 0.198 e. The summed E-state index contributed by atoms with van der Waals surface area (Å²) in [7, 11) is 1.87. The predicted octanol–water partition coefficient (Wildman–Crippen LogP) is 2.15. The van der Waals surface area contributed by atoms with Gasteiger partial charge in [-0.3, -0.25) is 4.90 Å². The van der Waals surface area contributed by atoms with Crippen LogP contribution in [0.3, 0.4) is 0 Å². The fourth-order valence-corrected chi connectivity index (χ4v) is 5.33. The van der Waals surface area contributed by atoms with Gasteiger partial charge in [-0.1, -0.05) is 19.3 Å². The number of nitrogens with zero attached hydrogens (tertiary/aromatic N) is 4. The normalized spacial score (nSPS) is 22.8. The van der Waals surface area contributed by atoms with Crippen molar-refractivity contribution in [3.8, 4) is 0 Å². The number of aromatic nitrogens is 3. The van der Waals surface area contributed by atoms with Crippen molar-refractivity contribution in [3.63, 3.8) is 0 Å². The van der Waals surface area contributed by atoms with E-state index in [1.807, 2.05) is 11.7 Å². The number of hydrogen-bond donors (Lipinski definition) is 1. The molecule has 1 aliphatic heterocycles. The Morgan fingerprint density at radius 1 is 1.33 bits per heavy atom. The summed E-state index contributed by atoms with van der Waals surface area (Å²) in [5.41, 5.74) is 0. The molecular weight excluding hydrogens is 304 g/mol. The molecule has 0 amide bonds. The van der Waals surface area contributed by atoms with E-state index in [4.69, 9.17) is 12.2 Å². The van der Waals surface area contributed by atoms with Crippen molar-refractivity contribution >= 4 is 24.0 Å². The monoisotopic (exact) mass is 328 g/mol. The van der Waals surface area contributed by atoms with Crippen LogP contribution in [-0.4, -0.2) is 47.9 Å². The number of aliphatic hydroxyl groups excluding tert-OH is 1. The lowest BCUT2D eigenvalue weighted by Gasteiger charge is -2.44. The van der Waals surface area contributed by atoms with Crippen molar-refractivity contribution in [2.45, 2.75) is 50.1 Å². The van der Waals surface area contributed by atoms with Gasteiger partial charge in [0, 0.05) is 30.6 Å². The lowest BCUT2D eigenvalue weighted by atomic mass is 9.87. The Hall–Kier alpha value is -0.370. The smallest absolute Gasteiger partial charge is 0.198 e. The van der Waals surface area contributed by atoms with E-state index in [0.29, 0.717) is 15.3 Å². The summed E-state index contributed by atoms with van der Waals surface area (Å²) in [5.74, 6) is 1.84. The van der Waals surface area contributed by atoms with Crippen molar-refractivity contribution in [1.29, 1.82) is 0 Å². The topological polar surface area (TPSA) is 46.2 Å². The molecule has 0 bridgehead atoms. The minimum atomic E-state index is -0.0626. The fraction of sp³-hybridized carbons (Fsp3) is 0.857. The van der Waals surface area contributed by atoms with Crippen LogP contribution >= 0.6 is 24.0 Å². The summed E-state index contributed by atoms with van der Waals surface area (Å²) < 4.78 is 4.81. The zero-order chi connectivity index (χ0) is 14.9. The second-order valence-corrected chi connectivity index (χ2v) is 8.13. The second-order valence-electron chi connectivity index (χ2n) is 6.20. The zero-order valence-corrected chi connectivity index (χ0v) is 14.3. The molecule has 1 spiro atoms. The lowest BCUT2D eigenvalue weighted by molar-refractivity contribution is 0.169. The van der Waals surface area contributed by atoms with E-state index < -0.39 is 0 Å². The molecule has 5 nitrogen and oxygen atoms in total. The van der Waals surface area contributed by atoms with Gasteiger partial charge in [-0.25, -0.2) is 4.68 Å². The summed E-state index contributed by atoms with van der Waals surface area (Å²) in [5, 5.41) is 13.7. The molecule has 0 radical (unpaired) electrons. The average molecular weight is 329 g/mol. The van der Waals surface area contributed by atoms with Crippen LogP contribution in [-0.2, 0) is 20.3 Å². The number of thioether (sulfide) groups is 1. The summed E-state index contributed by atoms with van der Waals surface area (Å²) in [6.07, 6.45) is 6.85. The number of aliphatic hydroxyl groups is 1. The van der Waals surface area contributed by atoms with Gasteiger partial charge in [0.15, 0.2) is 10.6 Å². The van der Waals surface area contributed by atoms with Crippen LogP contribution in [0, 0.1) is 4.77 Å². The maximum atomic E-state index is 9.30. The molecule has 3 rings (SSSR count). The molecule has 1 saturated heterocycles. The summed E-state index contributed by atoms with van der Waals surface area (Å²) in [6.45, 7) is 2.92. The van der Waals surface area contributed by atoms with Crippen molar-refractivity contribution in [2.75, 3.05) is 18.8 Å². The highest BCUT2D eigenvalue weighted by atomic mass is 32.2. The van der Waals surface area contributed by atoms with Crippen molar-refractivity contribution in [2.24, 2.45) is 7.05 Å². The van der Waals surface area contributed by atoms with E-state index in [9.17, 15) is 5.11 Å². The first-order valence-electron chi connectivity index (χ1n) is 7.73. The molecule has 2 fully saturated rings. The Balaban J connectivity index is 1.71. The first-order chi connectivity index (χ1) is 10.1. The molecule has 0 aromatic carbocycles. The molecule has 2 aliphatic rings. The first kappa shape index (κ1) is 15.5. The standard InChI is InChI=1S/C14H24N4OS2/c1-16-12(9-19)15-18(13(16)20)11-17-7-8-21-14(10-17)5-3-2-4-6-14/h19H,2-11H2,1H3. The largest absolute Gasteiger partial charge is 0.388 e.